The maximum Gasteiger partial charge on any atom is 0.271 e. The number of nitrogens with zero attached hydrogens (tertiary/aromatic N) is 3. The molecule has 0 bridgehead atoms. The van der Waals surface area contributed by atoms with Crippen molar-refractivity contribution in [3.63, 3.8) is 0 Å². The van der Waals surface area contributed by atoms with Gasteiger partial charge in [0.2, 0.25) is 5.28 Å². The van der Waals surface area contributed by atoms with Gasteiger partial charge < -0.3 is 5.32 Å². The summed E-state index contributed by atoms with van der Waals surface area (Å²) in [7, 11) is 0. The Morgan fingerprint density at radius 2 is 1.96 bits per heavy atom. The number of carbonyl (C=O) groups excluding carboxylic acids is 1. The Balaban J connectivity index is 1.29. The standard InChI is InChI=1S/C20H21ClN4OS/c21-20-23-16-8-11-27-18(16)17(24-20)19(26)22-12-14-6-9-25(10-7-14)13-15-4-2-1-3-5-15/h1-5,8,11,14H,6-7,9-10,12-13H2,(H,22,26). The minimum atomic E-state index is -0.168. The molecule has 7 heteroatoms. The van der Waals surface area contributed by atoms with Gasteiger partial charge in [0, 0.05) is 13.1 Å². The topological polar surface area (TPSA) is 58.1 Å². The van der Waals surface area contributed by atoms with E-state index in [4.69, 9.17) is 11.6 Å². The van der Waals surface area contributed by atoms with Crippen LogP contribution in [0.4, 0.5) is 0 Å². The van der Waals surface area contributed by atoms with Crippen molar-refractivity contribution in [2.45, 2.75) is 19.4 Å². The highest BCUT2D eigenvalue weighted by Crippen LogP contribution is 2.24. The Morgan fingerprint density at radius 1 is 1.19 bits per heavy atom. The molecule has 1 aliphatic rings. The summed E-state index contributed by atoms with van der Waals surface area (Å²) < 4.78 is 0.787. The number of hydrogen-bond donors (Lipinski definition) is 1. The van der Waals surface area contributed by atoms with Crippen molar-refractivity contribution in [2.75, 3.05) is 19.6 Å². The van der Waals surface area contributed by atoms with E-state index >= 15 is 0 Å². The summed E-state index contributed by atoms with van der Waals surface area (Å²) in [5, 5.41) is 5.05. The molecule has 2 aromatic heterocycles. The van der Waals surface area contributed by atoms with Crippen molar-refractivity contribution < 1.29 is 4.79 Å². The zero-order valence-corrected chi connectivity index (χ0v) is 16.5. The number of fused-ring (bicyclic) bond motifs is 1. The van der Waals surface area contributed by atoms with Gasteiger partial charge in [-0.05, 0) is 60.5 Å². The van der Waals surface area contributed by atoms with Gasteiger partial charge in [0.1, 0.15) is 0 Å². The molecule has 1 saturated heterocycles. The lowest BCUT2D eigenvalue weighted by atomic mass is 9.96. The maximum atomic E-state index is 12.6. The molecule has 5 nitrogen and oxygen atoms in total. The van der Waals surface area contributed by atoms with Gasteiger partial charge in [-0.25, -0.2) is 9.97 Å². The third-order valence-corrected chi connectivity index (χ3v) is 6.08. The third-order valence-electron chi connectivity index (χ3n) is 5.00. The zero-order chi connectivity index (χ0) is 18.6. The fourth-order valence-electron chi connectivity index (χ4n) is 3.50. The number of hydrogen-bond acceptors (Lipinski definition) is 5. The van der Waals surface area contributed by atoms with Crippen molar-refractivity contribution in [1.29, 1.82) is 0 Å². The Bertz CT molecular complexity index is 922. The molecule has 3 heterocycles. The smallest absolute Gasteiger partial charge is 0.271 e. The summed E-state index contributed by atoms with van der Waals surface area (Å²) in [5.41, 5.74) is 2.45. The predicted molar refractivity (Wildman–Crippen MR) is 109 cm³/mol. The van der Waals surface area contributed by atoms with Gasteiger partial charge in [-0.15, -0.1) is 11.3 Å². The van der Waals surface area contributed by atoms with E-state index in [0.717, 1.165) is 42.7 Å². The van der Waals surface area contributed by atoms with Crippen LogP contribution in [0.3, 0.4) is 0 Å². The van der Waals surface area contributed by atoms with Crippen molar-refractivity contribution in [2.24, 2.45) is 5.92 Å². The number of rotatable bonds is 5. The van der Waals surface area contributed by atoms with E-state index in [1.165, 1.54) is 16.9 Å². The number of amides is 1. The monoisotopic (exact) mass is 400 g/mol. The number of aromatic nitrogens is 2. The Morgan fingerprint density at radius 3 is 2.74 bits per heavy atom. The molecule has 1 aromatic carbocycles. The Kier molecular flexibility index (Phi) is 5.66. The molecule has 1 amide bonds. The number of piperidine rings is 1. The molecular formula is C20H21ClN4OS. The molecule has 1 aliphatic heterocycles. The molecule has 0 atom stereocenters. The average molecular weight is 401 g/mol. The van der Waals surface area contributed by atoms with Crippen molar-refractivity contribution in [1.82, 2.24) is 20.2 Å². The average Bonchev–Trinajstić information content (AvgIpc) is 3.15. The van der Waals surface area contributed by atoms with Crippen LogP contribution in [0, 0.1) is 5.92 Å². The van der Waals surface area contributed by atoms with Gasteiger partial charge >= 0.3 is 0 Å². The van der Waals surface area contributed by atoms with E-state index in [9.17, 15) is 4.79 Å². The van der Waals surface area contributed by atoms with E-state index in [-0.39, 0.29) is 11.2 Å². The molecule has 0 unspecified atom stereocenters. The molecule has 0 spiro atoms. The van der Waals surface area contributed by atoms with Crippen LogP contribution < -0.4 is 5.32 Å². The minimum absolute atomic E-state index is 0.111. The molecule has 27 heavy (non-hydrogen) atoms. The second-order valence-corrected chi connectivity index (χ2v) is 8.15. The van der Waals surface area contributed by atoms with Crippen LogP contribution in [-0.4, -0.2) is 40.4 Å². The lowest BCUT2D eigenvalue weighted by molar-refractivity contribution is 0.0932. The molecule has 3 aromatic rings. The SMILES string of the molecule is O=C(NCC1CCN(Cc2ccccc2)CC1)c1nc(Cl)nc2ccsc12. The normalized spacial score (nSPS) is 15.9. The highest BCUT2D eigenvalue weighted by atomic mass is 35.5. The lowest BCUT2D eigenvalue weighted by Gasteiger charge is -2.32. The van der Waals surface area contributed by atoms with Crippen molar-refractivity contribution >= 4 is 39.1 Å². The molecular weight excluding hydrogens is 380 g/mol. The highest BCUT2D eigenvalue weighted by Gasteiger charge is 2.21. The second kappa shape index (κ2) is 8.33. The molecule has 1 fully saturated rings. The first-order chi connectivity index (χ1) is 13.2. The second-order valence-electron chi connectivity index (χ2n) is 6.89. The predicted octanol–water partition coefficient (Wildman–Crippen LogP) is 3.99. The number of nitrogens with one attached hydrogen (secondary N) is 1. The summed E-state index contributed by atoms with van der Waals surface area (Å²) in [6.07, 6.45) is 2.18. The van der Waals surface area contributed by atoms with E-state index in [1.54, 1.807) is 0 Å². The third kappa shape index (κ3) is 4.46. The number of thiophene rings is 1. The van der Waals surface area contributed by atoms with Gasteiger partial charge in [-0.1, -0.05) is 30.3 Å². The summed E-state index contributed by atoms with van der Waals surface area (Å²) in [6, 6.07) is 12.4. The largest absolute Gasteiger partial charge is 0.350 e. The molecule has 0 radical (unpaired) electrons. The summed E-state index contributed by atoms with van der Waals surface area (Å²) in [6.45, 7) is 3.79. The number of benzene rings is 1. The molecule has 4 rings (SSSR count). The maximum absolute atomic E-state index is 12.6. The van der Waals surface area contributed by atoms with E-state index in [0.29, 0.717) is 18.2 Å². The van der Waals surface area contributed by atoms with Crippen LogP contribution in [0.25, 0.3) is 10.2 Å². The van der Waals surface area contributed by atoms with Crippen LogP contribution in [0.5, 0.6) is 0 Å². The minimum Gasteiger partial charge on any atom is -0.350 e. The van der Waals surface area contributed by atoms with E-state index in [1.807, 2.05) is 17.5 Å². The number of carbonyl (C=O) groups is 1. The van der Waals surface area contributed by atoms with Crippen molar-refractivity contribution in [3.05, 3.63) is 58.3 Å². The van der Waals surface area contributed by atoms with E-state index in [2.05, 4.69) is 44.5 Å². The van der Waals surface area contributed by atoms with Crippen LogP contribution >= 0.6 is 22.9 Å². The van der Waals surface area contributed by atoms with Gasteiger partial charge in [0.25, 0.3) is 5.91 Å². The quantitative estimate of drug-likeness (QED) is 0.658. The zero-order valence-electron chi connectivity index (χ0n) is 14.9. The molecule has 0 saturated carbocycles. The highest BCUT2D eigenvalue weighted by molar-refractivity contribution is 7.17. The summed E-state index contributed by atoms with van der Waals surface area (Å²) in [4.78, 5) is 23.4. The van der Waals surface area contributed by atoms with Gasteiger partial charge in [0.15, 0.2) is 5.69 Å². The molecule has 0 aliphatic carbocycles. The fraction of sp³-hybridized carbons (Fsp3) is 0.350. The van der Waals surface area contributed by atoms with Gasteiger partial charge in [-0.2, -0.15) is 0 Å². The lowest BCUT2D eigenvalue weighted by Crippen LogP contribution is -2.38. The summed E-state index contributed by atoms with van der Waals surface area (Å²) in [5.74, 6) is 0.329. The first-order valence-electron chi connectivity index (χ1n) is 9.14. The van der Waals surface area contributed by atoms with Gasteiger partial charge in [-0.3, -0.25) is 9.69 Å². The van der Waals surface area contributed by atoms with E-state index < -0.39 is 0 Å². The fourth-order valence-corrected chi connectivity index (χ4v) is 4.49. The van der Waals surface area contributed by atoms with Crippen LogP contribution in [-0.2, 0) is 6.54 Å². The van der Waals surface area contributed by atoms with Crippen LogP contribution in [0.15, 0.2) is 41.8 Å². The first kappa shape index (κ1) is 18.3. The molecule has 140 valence electrons. The van der Waals surface area contributed by atoms with Crippen LogP contribution in [0.1, 0.15) is 28.9 Å². The Labute approximate surface area is 167 Å². The molecule has 1 N–H and O–H groups in total. The summed E-state index contributed by atoms with van der Waals surface area (Å²) >= 11 is 7.42. The van der Waals surface area contributed by atoms with Crippen LogP contribution in [0.2, 0.25) is 5.28 Å². The number of likely N-dealkylation sites (tertiary alicyclic amines) is 1. The number of halogens is 1. The first-order valence-corrected chi connectivity index (χ1v) is 10.4. The van der Waals surface area contributed by atoms with Gasteiger partial charge in [0.05, 0.1) is 10.2 Å². The van der Waals surface area contributed by atoms with Crippen molar-refractivity contribution in [3.8, 4) is 0 Å². The Hall–Kier alpha value is -2.02.